The van der Waals surface area contributed by atoms with Gasteiger partial charge >= 0.3 is 0 Å². The molecular formula is C25H24N2O3S. The van der Waals surface area contributed by atoms with Gasteiger partial charge in [0.1, 0.15) is 5.75 Å². The van der Waals surface area contributed by atoms with Crippen molar-refractivity contribution < 1.29 is 14.3 Å². The molecule has 2 amide bonds. The van der Waals surface area contributed by atoms with E-state index in [0.717, 1.165) is 30.6 Å². The number of ether oxygens (including phenoxy) is 1. The van der Waals surface area contributed by atoms with E-state index in [-0.39, 0.29) is 24.5 Å². The van der Waals surface area contributed by atoms with Crippen molar-refractivity contribution in [3.05, 3.63) is 82.0 Å². The second-order valence-electron chi connectivity index (χ2n) is 7.88. The Morgan fingerprint density at radius 3 is 2.55 bits per heavy atom. The minimum atomic E-state index is -0.0733. The predicted molar refractivity (Wildman–Crippen MR) is 122 cm³/mol. The average Bonchev–Trinajstić information content (AvgIpc) is 3.46. The molecule has 0 spiro atoms. The summed E-state index contributed by atoms with van der Waals surface area (Å²) in [7, 11) is 0. The highest BCUT2D eigenvalue weighted by atomic mass is 32.1. The molecule has 0 unspecified atom stereocenters. The van der Waals surface area contributed by atoms with Crippen molar-refractivity contribution >= 4 is 28.8 Å². The Morgan fingerprint density at radius 2 is 1.81 bits per heavy atom. The van der Waals surface area contributed by atoms with Gasteiger partial charge in [0.05, 0.1) is 6.04 Å². The van der Waals surface area contributed by atoms with Crippen LogP contribution in [0.25, 0.3) is 0 Å². The van der Waals surface area contributed by atoms with Crippen molar-refractivity contribution in [3.63, 3.8) is 0 Å². The van der Waals surface area contributed by atoms with Crippen molar-refractivity contribution in [2.45, 2.75) is 25.3 Å². The Hall–Kier alpha value is -3.12. The second kappa shape index (κ2) is 8.55. The summed E-state index contributed by atoms with van der Waals surface area (Å²) in [6, 6.07) is 19.7. The first-order valence-electron chi connectivity index (χ1n) is 10.6. The number of benzene rings is 2. The van der Waals surface area contributed by atoms with Crippen LogP contribution < -0.4 is 9.64 Å². The molecule has 1 saturated heterocycles. The molecule has 0 aliphatic carbocycles. The first-order chi connectivity index (χ1) is 15.2. The molecular weight excluding hydrogens is 408 g/mol. The number of rotatable bonds is 5. The van der Waals surface area contributed by atoms with E-state index >= 15 is 0 Å². The molecule has 3 heterocycles. The molecule has 6 heteroatoms. The molecule has 0 N–H and O–H groups in total. The molecule has 0 saturated carbocycles. The number of hydrogen-bond donors (Lipinski definition) is 0. The highest BCUT2D eigenvalue weighted by molar-refractivity contribution is 7.10. The smallest absolute Gasteiger partial charge is 0.261 e. The Morgan fingerprint density at radius 1 is 1.00 bits per heavy atom. The van der Waals surface area contributed by atoms with Crippen molar-refractivity contribution in [1.82, 2.24) is 4.90 Å². The van der Waals surface area contributed by atoms with E-state index in [2.05, 4.69) is 23.6 Å². The first kappa shape index (κ1) is 19.8. The van der Waals surface area contributed by atoms with E-state index in [0.29, 0.717) is 18.7 Å². The maximum Gasteiger partial charge on any atom is 0.261 e. The van der Waals surface area contributed by atoms with Crippen molar-refractivity contribution in [2.24, 2.45) is 0 Å². The summed E-state index contributed by atoms with van der Waals surface area (Å²) in [6.07, 6.45) is 2.38. The second-order valence-corrected chi connectivity index (χ2v) is 8.88. The predicted octanol–water partition coefficient (Wildman–Crippen LogP) is 4.43. The van der Waals surface area contributed by atoms with Gasteiger partial charge in [0.25, 0.3) is 5.91 Å². The van der Waals surface area contributed by atoms with Gasteiger partial charge < -0.3 is 14.5 Å². The molecule has 0 radical (unpaired) electrons. The number of carbonyl (C=O) groups excluding carboxylic acids is 2. The van der Waals surface area contributed by atoms with Crippen molar-refractivity contribution in [3.8, 4) is 5.75 Å². The van der Waals surface area contributed by atoms with Crippen LogP contribution in [-0.2, 0) is 16.0 Å². The standard InChI is InChI=1S/C25H24N2O3S/c28-23-7-4-14-26(23)19-8-10-20(11-9-19)30-17-24(29)27-15-12-22-21(13-16-31-22)25(27)18-5-2-1-3-6-18/h1-3,5-6,8-11,13,16,25H,4,7,12,14-15,17H2/t25-/m0/s1. The van der Waals surface area contributed by atoms with E-state index in [1.54, 1.807) is 16.2 Å². The Kier molecular flexibility index (Phi) is 5.47. The SMILES string of the molecule is O=C1CCCN1c1ccc(OCC(=O)N2CCc3sccc3[C@@H]2c2ccccc2)cc1. The molecule has 0 bridgehead atoms. The average molecular weight is 433 g/mol. The molecule has 31 heavy (non-hydrogen) atoms. The van der Waals surface area contributed by atoms with Crippen LogP contribution in [0, 0.1) is 0 Å². The van der Waals surface area contributed by atoms with Gasteiger partial charge in [0.15, 0.2) is 6.61 Å². The van der Waals surface area contributed by atoms with Crippen LogP contribution in [0.2, 0.25) is 0 Å². The number of carbonyl (C=O) groups is 2. The lowest BCUT2D eigenvalue weighted by molar-refractivity contribution is -0.135. The Balaban J connectivity index is 1.29. The molecule has 5 rings (SSSR count). The quantitative estimate of drug-likeness (QED) is 0.599. The number of amides is 2. The van der Waals surface area contributed by atoms with Gasteiger partial charge in [-0.15, -0.1) is 11.3 Å². The Bertz CT molecular complexity index is 1080. The molecule has 158 valence electrons. The van der Waals surface area contributed by atoms with Gasteiger partial charge in [-0.2, -0.15) is 0 Å². The molecule has 1 atom stereocenters. The molecule has 3 aromatic rings. The minimum Gasteiger partial charge on any atom is -0.484 e. The summed E-state index contributed by atoms with van der Waals surface area (Å²) in [6.45, 7) is 1.44. The number of thiophene rings is 1. The first-order valence-corrected chi connectivity index (χ1v) is 11.5. The van der Waals surface area contributed by atoms with E-state index in [1.807, 2.05) is 47.4 Å². The number of fused-ring (bicyclic) bond motifs is 1. The zero-order valence-electron chi connectivity index (χ0n) is 17.2. The van der Waals surface area contributed by atoms with Gasteiger partial charge in [-0.1, -0.05) is 30.3 Å². The number of nitrogens with zero attached hydrogens (tertiary/aromatic N) is 2. The largest absolute Gasteiger partial charge is 0.484 e. The third-order valence-corrected chi connectivity index (χ3v) is 6.98. The summed E-state index contributed by atoms with van der Waals surface area (Å²) in [5.74, 6) is 0.770. The van der Waals surface area contributed by atoms with Crippen LogP contribution in [0.3, 0.4) is 0 Å². The fourth-order valence-electron chi connectivity index (χ4n) is 4.45. The third kappa shape index (κ3) is 3.95. The van der Waals surface area contributed by atoms with Crippen LogP contribution in [-0.4, -0.2) is 36.4 Å². The van der Waals surface area contributed by atoms with Crippen LogP contribution >= 0.6 is 11.3 Å². The van der Waals surface area contributed by atoms with Crippen molar-refractivity contribution in [1.29, 1.82) is 0 Å². The van der Waals surface area contributed by atoms with E-state index < -0.39 is 0 Å². The molecule has 2 aliphatic rings. The maximum atomic E-state index is 13.2. The summed E-state index contributed by atoms with van der Waals surface area (Å²) in [5.41, 5.74) is 3.22. The zero-order valence-corrected chi connectivity index (χ0v) is 18.0. The van der Waals surface area contributed by atoms with E-state index in [4.69, 9.17) is 4.74 Å². The molecule has 1 aromatic heterocycles. The number of hydrogen-bond acceptors (Lipinski definition) is 4. The Labute approximate surface area is 185 Å². The van der Waals surface area contributed by atoms with Gasteiger partial charge in [-0.05, 0) is 59.7 Å². The highest BCUT2D eigenvalue weighted by Crippen LogP contribution is 2.37. The van der Waals surface area contributed by atoms with Gasteiger partial charge in [0, 0.05) is 30.1 Å². The monoisotopic (exact) mass is 432 g/mol. The fraction of sp³-hybridized carbons (Fsp3) is 0.280. The summed E-state index contributed by atoms with van der Waals surface area (Å²) < 4.78 is 5.83. The van der Waals surface area contributed by atoms with Crippen LogP contribution in [0.15, 0.2) is 66.0 Å². The highest BCUT2D eigenvalue weighted by Gasteiger charge is 2.32. The summed E-state index contributed by atoms with van der Waals surface area (Å²) >= 11 is 1.76. The zero-order chi connectivity index (χ0) is 21.2. The lowest BCUT2D eigenvalue weighted by atomic mass is 9.93. The lowest BCUT2D eigenvalue weighted by Crippen LogP contribution is -2.42. The molecule has 2 aliphatic heterocycles. The summed E-state index contributed by atoms with van der Waals surface area (Å²) in [4.78, 5) is 30.2. The van der Waals surface area contributed by atoms with E-state index in [1.165, 1.54) is 10.4 Å². The number of anilines is 1. The van der Waals surface area contributed by atoms with E-state index in [9.17, 15) is 9.59 Å². The van der Waals surface area contributed by atoms with Gasteiger partial charge in [-0.25, -0.2) is 0 Å². The van der Waals surface area contributed by atoms with Crippen LogP contribution in [0.4, 0.5) is 5.69 Å². The third-order valence-electron chi connectivity index (χ3n) is 5.99. The molecule has 5 nitrogen and oxygen atoms in total. The van der Waals surface area contributed by atoms with Crippen LogP contribution in [0.1, 0.15) is 34.9 Å². The normalized spacial score (nSPS) is 18.2. The summed E-state index contributed by atoms with van der Waals surface area (Å²) in [5, 5.41) is 2.11. The maximum absolute atomic E-state index is 13.2. The molecule has 1 fully saturated rings. The topological polar surface area (TPSA) is 49.9 Å². The molecule has 2 aromatic carbocycles. The van der Waals surface area contributed by atoms with Crippen LogP contribution in [0.5, 0.6) is 5.75 Å². The van der Waals surface area contributed by atoms with Crippen molar-refractivity contribution in [2.75, 3.05) is 24.6 Å². The van der Waals surface area contributed by atoms with Gasteiger partial charge in [-0.3, -0.25) is 9.59 Å². The fourth-order valence-corrected chi connectivity index (χ4v) is 5.36. The minimum absolute atomic E-state index is 0.00913. The van der Waals surface area contributed by atoms with Gasteiger partial charge in [0.2, 0.25) is 5.91 Å². The lowest BCUT2D eigenvalue weighted by Gasteiger charge is -2.36.